The van der Waals surface area contributed by atoms with Crippen molar-refractivity contribution in [3.63, 3.8) is 0 Å². The van der Waals surface area contributed by atoms with Gasteiger partial charge in [0.2, 0.25) is 0 Å². The van der Waals surface area contributed by atoms with Gasteiger partial charge in [-0.15, -0.1) is 0 Å². The zero-order valence-electron chi connectivity index (χ0n) is 12.8. The summed E-state index contributed by atoms with van der Waals surface area (Å²) in [6.45, 7) is 5.34. The van der Waals surface area contributed by atoms with E-state index in [4.69, 9.17) is 0 Å². The fraction of sp³-hybridized carbons (Fsp3) is 0.867. The summed E-state index contributed by atoms with van der Waals surface area (Å²) >= 11 is 1.40. The lowest BCUT2D eigenvalue weighted by Gasteiger charge is -2.61. The van der Waals surface area contributed by atoms with E-state index >= 15 is 0 Å². The van der Waals surface area contributed by atoms with Crippen LogP contribution in [-0.4, -0.2) is 65.5 Å². The normalized spacial score (nSPS) is 50.4. The predicted molar refractivity (Wildman–Crippen MR) is 82.1 cm³/mol. The second-order valence-electron chi connectivity index (χ2n) is 6.81. The van der Waals surface area contributed by atoms with Gasteiger partial charge in [-0.2, -0.15) is 11.8 Å². The van der Waals surface area contributed by atoms with Crippen LogP contribution in [0, 0.1) is 0 Å². The van der Waals surface area contributed by atoms with E-state index in [1.54, 1.807) is 0 Å². The first-order chi connectivity index (χ1) is 9.56. The van der Waals surface area contributed by atoms with E-state index in [0.717, 1.165) is 5.57 Å². The summed E-state index contributed by atoms with van der Waals surface area (Å²) < 4.78 is 0. The maximum absolute atomic E-state index is 11.0. The molecule has 122 valence electrons. The molecule has 0 aromatic rings. The number of allylic oxidation sites excluding steroid dienone is 2. The third kappa shape index (κ3) is 2.46. The van der Waals surface area contributed by atoms with Gasteiger partial charge >= 0.3 is 0 Å². The summed E-state index contributed by atoms with van der Waals surface area (Å²) in [4.78, 5) is 0. The summed E-state index contributed by atoms with van der Waals surface area (Å²) in [5.41, 5.74) is -4.34. The third-order valence-electron chi connectivity index (χ3n) is 5.02. The van der Waals surface area contributed by atoms with Crippen molar-refractivity contribution in [3.8, 4) is 0 Å². The van der Waals surface area contributed by atoms with Crippen LogP contribution in [-0.2, 0) is 0 Å². The lowest BCUT2D eigenvalue weighted by atomic mass is 9.60. The highest BCUT2D eigenvalue weighted by molar-refractivity contribution is 8.00. The van der Waals surface area contributed by atoms with Gasteiger partial charge in [0.25, 0.3) is 0 Å². The Morgan fingerprint density at radius 3 is 2.43 bits per heavy atom. The molecular weight excluding hydrogens is 292 g/mol. The van der Waals surface area contributed by atoms with Gasteiger partial charge in [-0.05, 0) is 40.0 Å². The number of rotatable bonds is 2. The van der Waals surface area contributed by atoms with E-state index in [-0.39, 0.29) is 23.8 Å². The predicted octanol–water partition coefficient (Wildman–Crippen LogP) is 0.187. The van der Waals surface area contributed by atoms with Crippen LogP contribution in [0.25, 0.3) is 0 Å². The van der Waals surface area contributed by atoms with Gasteiger partial charge in [0.05, 0.1) is 6.10 Å². The smallest absolute Gasteiger partial charge is 0.152 e. The molecule has 0 bridgehead atoms. The Morgan fingerprint density at radius 2 is 1.86 bits per heavy atom. The molecular formula is C15H26O5S. The molecule has 1 aliphatic heterocycles. The highest BCUT2D eigenvalue weighted by atomic mass is 32.2. The summed E-state index contributed by atoms with van der Waals surface area (Å²) in [5, 5.41) is 52.5. The number of aliphatic hydroxyl groups is 5. The molecule has 0 radical (unpaired) electrons. The Kier molecular flexibility index (Phi) is 4.53. The first-order valence-electron chi connectivity index (χ1n) is 7.34. The van der Waals surface area contributed by atoms with Crippen LogP contribution in [0.15, 0.2) is 11.6 Å². The van der Waals surface area contributed by atoms with Crippen molar-refractivity contribution in [2.24, 2.45) is 0 Å². The average molecular weight is 318 g/mol. The lowest BCUT2D eigenvalue weighted by Crippen LogP contribution is -2.81. The molecule has 1 heterocycles. The van der Waals surface area contributed by atoms with Gasteiger partial charge in [0.15, 0.2) is 5.60 Å². The molecule has 1 saturated heterocycles. The van der Waals surface area contributed by atoms with Gasteiger partial charge in [-0.3, -0.25) is 0 Å². The van der Waals surface area contributed by atoms with Crippen molar-refractivity contribution >= 4 is 11.8 Å². The van der Waals surface area contributed by atoms with Crippen LogP contribution >= 0.6 is 11.8 Å². The van der Waals surface area contributed by atoms with Crippen molar-refractivity contribution in [1.82, 2.24) is 0 Å². The molecule has 2 aliphatic rings. The van der Waals surface area contributed by atoms with Crippen LogP contribution in [0.5, 0.6) is 0 Å². The second-order valence-corrected chi connectivity index (χ2v) is 8.00. The largest absolute Gasteiger partial charge is 0.390 e. The van der Waals surface area contributed by atoms with Crippen LogP contribution in [0.2, 0.25) is 0 Å². The number of hydrogen-bond acceptors (Lipinski definition) is 6. The summed E-state index contributed by atoms with van der Waals surface area (Å²) in [7, 11) is 0. The van der Waals surface area contributed by atoms with Crippen molar-refractivity contribution in [3.05, 3.63) is 11.6 Å². The van der Waals surface area contributed by atoms with Crippen LogP contribution in [0.3, 0.4) is 0 Å². The number of fused-ring (bicyclic) bond motifs is 1. The van der Waals surface area contributed by atoms with Crippen molar-refractivity contribution in [2.75, 3.05) is 5.75 Å². The highest BCUT2D eigenvalue weighted by Crippen LogP contribution is 2.54. The number of aliphatic hydroxyl groups excluding tert-OH is 2. The van der Waals surface area contributed by atoms with Crippen LogP contribution in [0.1, 0.15) is 40.0 Å². The van der Waals surface area contributed by atoms with E-state index in [1.165, 1.54) is 18.7 Å². The second kappa shape index (κ2) is 5.51. The van der Waals surface area contributed by atoms with Crippen LogP contribution < -0.4 is 0 Å². The molecule has 1 saturated carbocycles. The maximum Gasteiger partial charge on any atom is 0.152 e. The fourth-order valence-corrected chi connectivity index (χ4v) is 5.11. The first kappa shape index (κ1) is 17.2. The third-order valence-corrected chi connectivity index (χ3v) is 6.72. The van der Waals surface area contributed by atoms with Gasteiger partial charge < -0.3 is 25.5 Å². The quantitative estimate of drug-likeness (QED) is 0.466. The van der Waals surface area contributed by atoms with E-state index in [2.05, 4.69) is 0 Å². The standard InChI is InChI=1S/C15H26O5S/c1-9(2)4-5-11-13(3,18)15(20)12(17)10(16)6-7-14(15,19)8-21-11/h4,10-12,16-20H,5-8H2,1-3H3/t10-,11+,12-,13+,14+,15+/m1/s1. The Balaban J connectivity index is 2.39. The molecule has 0 spiro atoms. The minimum Gasteiger partial charge on any atom is -0.390 e. The SMILES string of the molecule is CC(C)=CC[C@@H]1SC[C@@]2(O)CC[C@@H](O)[C@@H](O)[C@]2(O)[C@@]1(C)O. The summed E-state index contributed by atoms with van der Waals surface area (Å²) in [5.74, 6) is 0.227. The number of thioether (sulfide) groups is 1. The molecule has 5 N–H and O–H groups in total. The highest BCUT2D eigenvalue weighted by Gasteiger charge is 2.71. The molecule has 0 aromatic carbocycles. The van der Waals surface area contributed by atoms with Gasteiger partial charge in [0.1, 0.15) is 17.3 Å². The zero-order valence-corrected chi connectivity index (χ0v) is 13.6. The molecule has 0 amide bonds. The first-order valence-corrected chi connectivity index (χ1v) is 8.39. The molecule has 5 nitrogen and oxygen atoms in total. The monoisotopic (exact) mass is 318 g/mol. The lowest BCUT2D eigenvalue weighted by molar-refractivity contribution is -0.308. The zero-order chi connectivity index (χ0) is 16.1. The summed E-state index contributed by atoms with van der Waals surface area (Å²) in [6, 6.07) is 0. The fourth-order valence-electron chi connectivity index (χ4n) is 3.53. The molecule has 2 rings (SSSR count). The Morgan fingerprint density at radius 1 is 1.24 bits per heavy atom. The molecule has 6 atom stereocenters. The Bertz CT molecular complexity index is 434. The molecule has 21 heavy (non-hydrogen) atoms. The number of hydrogen-bond donors (Lipinski definition) is 5. The van der Waals surface area contributed by atoms with E-state index in [9.17, 15) is 25.5 Å². The Hall–Kier alpha value is -0.110. The van der Waals surface area contributed by atoms with E-state index < -0.39 is 29.0 Å². The minimum atomic E-state index is -2.14. The minimum absolute atomic E-state index is 0.153. The van der Waals surface area contributed by atoms with E-state index in [1.807, 2.05) is 19.9 Å². The van der Waals surface area contributed by atoms with Gasteiger partial charge in [0, 0.05) is 11.0 Å². The van der Waals surface area contributed by atoms with Gasteiger partial charge in [-0.25, -0.2) is 0 Å². The summed E-state index contributed by atoms with van der Waals surface area (Å²) in [6.07, 6.45) is 0.137. The molecule has 0 aromatic heterocycles. The Labute approximate surface area is 129 Å². The van der Waals surface area contributed by atoms with Crippen molar-refractivity contribution in [2.45, 2.75) is 74.3 Å². The van der Waals surface area contributed by atoms with Crippen molar-refractivity contribution < 1.29 is 25.5 Å². The van der Waals surface area contributed by atoms with Gasteiger partial charge in [-0.1, -0.05) is 11.6 Å². The molecule has 6 heteroatoms. The topological polar surface area (TPSA) is 101 Å². The molecule has 0 unspecified atom stereocenters. The molecule has 1 aliphatic carbocycles. The molecule has 2 fully saturated rings. The van der Waals surface area contributed by atoms with E-state index in [0.29, 0.717) is 6.42 Å². The van der Waals surface area contributed by atoms with Crippen LogP contribution in [0.4, 0.5) is 0 Å². The maximum atomic E-state index is 11.0. The average Bonchev–Trinajstić information content (AvgIpc) is 2.39. The van der Waals surface area contributed by atoms with Crippen molar-refractivity contribution in [1.29, 1.82) is 0 Å².